The van der Waals surface area contributed by atoms with Crippen LogP contribution in [-0.2, 0) is 4.79 Å². The molecule has 1 aromatic carbocycles. The topological polar surface area (TPSA) is 88.1 Å². The normalized spacial score (nSPS) is 20.3. The highest BCUT2D eigenvalue weighted by Gasteiger charge is 2.53. The van der Waals surface area contributed by atoms with Crippen LogP contribution in [0, 0.1) is 11.8 Å². The van der Waals surface area contributed by atoms with Crippen LogP contribution in [0.3, 0.4) is 0 Å². The summed E-state index contributed by atoms with van der Waals surface area (Å²) < 4.78 is 49.1. The van der Waals surface area contributed by atoms with E-state index in [-0.39, 0.29) is 11.4 Å². The molecule has 0 unspecified atom stereocenters. The number of nitrogens with one attached hydrogen (secondary N) is 1. The number of nitrogens with zero attached hydrogens (tertiary/aromatic N) is 1. The van der Waals surface area contributed by atoms with Gasteiger partial charge in [0.05, 0.1) is 31.7 Å². The fraction of sp³-hybridized carbons (Fsp3) is 0.467. The van der Waals surface area contributed by atoms with Crippen molar-refractivity contribution in [2.45, 2.75) is 6.18 Å². The first-order valence-electron chi connectivity index (χ1n) is 7.24. The molecule has 10 heteroatoms. The average Bonchev–Trinajstić information content (AvgIpc) is 3.00. The molecule has 25 heavy (non-hydrogen) atoms. The van der Waals surface area contributed by atoms with Crippen LogP contribution >= 0.6 is 0 Å². The number of hydrogen-bond acceptors (Lipinski definition) is 4. The minimum atomic E-state index is -4.70. The fourth-order valence-corrected chi connectivity index (χ4v) is 2.66. The summed E-state index contributed by atoms with van der Waals surface area (Å²) in [5, 5.41) is 11.4. The molecule has 0 spiro atoms. The maximum Gasteiger partial charge on any atom is 0.394 e. The van der Waals surface area contributed by atoms with Crippen LogP contribution in [-0.4, -0.2) is 55.5 Å². The Labute approximate surface area is 141 Å². The van der Waals surface area contributed by atoms with Gasteiger partial charge in [0.1, 0.15) is 11.5 Å². The number of ether oxygens (including phenoxy) is 2. The number of rotatable bonds is 4. The molecule has 7 nitrogen and oxygen atoms in total. The molecule has 2 N–H and O–H groups in total. The molecular formula is C15H17F3N2O5. The van der Waals surface area contributed by atoms with Gasteiger partial charge in [0.25, 0.3) is 0 Å². The highest BCUT2D eigenvalue weighted by molar-refractivity contribution is 5.92. The van der Waals surface area contributed by atoms with Crippen molar-refractivity contribution in [3.05, 3.63) is 18.2 Å². The summed E-state index contributed by atoms with van der Waals surface area (Å²) in [5.41, 5.74) is 0.203. The SMILES string of the molecule is COc1ccc(OC)c(NC(=O)N2C[C@@H](C(F)(F)F)[C@H](C(=O)O)C2)c1. The van der Waals surface area contributed by atoms with E-state index in [1.54, 1.807) is 6.07 Å². The predicted molar refractivity (Wildman–Crippen MR) is 80.8 cm³/mol. The zero-order valence-corrected chi connectivity index (χ0v) is 13.5. The van der Waals surface area contributed by atoms with Crippen molar-refractivity contribution < 1.29 is 37.3 Å². The van der Waals surface area contributed by atoms with Crippen LogP contribution in [0.4, 0.5) is 23.7 Å². The Morgan fingerprint density at radius 2 is 1.92 bits per heavy atom. The molecule has 1 fully saturated rings. The highest BCUT2D eigenvalue weighted by Crippen LogP contribution is 2.38. The quantitative estimate of drug-likeness (QED) is 0.859. The summed E-state index contributed by atoms with van der Waals surface area (Å²) in [7, 11) is 2.78. The minimum Gasteiger partial charge on any atom is -0.497 e. The van der Waals surface area contributed by atoms with Crippen LogP contribution in [0.2, 0.25) is 0 Å². The number of carbonyl (C=O) groups excluding carboxylic acids is 1. The third kappa shape index (κ3) is 4.06. The van der Waals surface area contributed by atoms with E-state index in [9.17, 15) is 22.8 Å². The van der Waals surface area contributed by atoms with Crippen molar-refractivity contribution in [1.82, 2.24) is 4.90 Å². The van der Waals surface area contributed by atoms with Gasteiger partial charge < -0.3 is 24.8 Å². The van der Waals surface area contributed by atoms with Crippen molar-refractivity contribution in [3.8, 4) is 11.5 Å². The van der Waals surface area contributed by atoms with Crippen molar-refractivity contribution in [2.75, 3.05) is 32.6 Å². The van der Waals surface area contributed by atoms with Crippen molar-refractivity contribution >= 4 is 17.7 Å². The van der Waals surface area contributed by atoms with Gasteiger partial charge in [-0.3, -0.25) is 4.79 Å². The van der Waals surface area contributed by atoms with Crippen molar-refractivity contribution in [1.29, 1.82) is 0 Å². The molecule has 138 valence electrons. The Balaban J connectivity index is 2.18. The number of amides is 2. The number of alkyl halides is 3. The number of methoxy groups -OCH3 is 2. The first kappa shape index (κ1) is 18.7. The minimum absolute atomic E-state index is 0.203. The predicted octanol–water partition coefficient (Wildman–Crippen LogP) is 2.43. The van der Waals surface area contributed by atoms with Crippen LogP contribution in [0.5, 0.6) is 11.5 Å². The van der Waals surface area contributed by atoms with Gasteiger partial charge in [-0.25, -0.2) is 4.79 Å². The molecule has 1 heterocycles. The maximum atomic E-state index is 13.0. The van der Waals surface area contributed by atoms with Gasteiger partial charge in [-0.05, 0) is 12.1 Å². The summed E-state index contributed by atoms with van der Waals surface area (Å²) in [5.74, 6) is -4.69. The van der Waals surface area contributed by atoms with E-state index in [1.807, 2.05) is 0 Å². The lowest BCUT2D eigenvalue weighted by molar-refractivity contribution is -0.187. The number of urea groups is 1. The molecule has 1 saturated heterocycles. The molecule has 1 aliphatic rings. The molecule has 2 atom stereocenters. The van der Waals surface area contributed by atoms with Crippen LogP contribution < -0.4 is 14.8 Å². The summed E-state index contributed by atoms with van der Waals surface area (Å²) in [4.78, 5) is 24.2. The van der Waals surface area contributed by atoms with E-state index in [0.29, 0.717) is 5.75 Å². The Bertz CT molecular complexity index is 665. The van der Waals surface area contributed by atoms with Crippen molar-refractivity contribution in [2.24, 2.45) is 11.8 Å². The third-order valence-electron chi connectivity index (χ3n) is 3.99. The van der Waals surface area contributed by atoms with Gasteiger partial charge in [0.15, 0.2) is 0 Å². The summed E-state index contributed by atoms with van der Waals surface area (Å²) in [6.45, 7) is -1.25. The Morgan fingerprint density at radius 3 is 2.40 bits per heavy atom. The Kier molecular flexibility index (Phi) is 5.29. The molecule has 0 aromatic heterocycles. The first-order chi connectivity index (χ1) is 11.7. The molecule has 0 saturated carbocycles. The second-order valence-corrected chi connectivity index (χ2v) is 5.49. The largest absolute Gasteiger partial charge is 0.497 e. The van der Waals surface area contributed by atoms with Crippen molar-refractivity contribution in [3.63, 3.8) is 0 Å². The average molecular weight is 362 g/mol. The lowest BCUT2D eigenvalue weighted by Crippen LogP contribution is -2.35. The molecular weight excluding hydrogens is 345 g/mol. The summed E-state index contributed by atoms with van der Waals surface area (Å²) >= 11 is 0. The zero-order chi connectivity index (χ0) is 18.8. The molecule has 1 aliphatic heterocycles. The smallest absolute Gasteiger partial charge is 0.394 e. The zero-order valence-electron chi connectivity index (χ0n) is 13.5. The van der Waals surface area contributed by atoms with E-state index in [1.165, 1.54) is 26.4 Å². The van der Waals surface area contributed by atoms with Crippen LogP contribution in [0.25, 0.3) is 0 Å². The van der Waals surface area contributed by atoms with Crippen LogP contribution in [0.1, 0.15) is 0 Å². The number of likely N-dealkylation sites (tertiary alicyclic amines) is 1. The number of hydrogen-bond donors (Lipinski definition) is 2. The second kappa shape index (κ2) is 7.08. The Hall–Kier alpha value is -2.65. The van der Waals surface area contributed by atoms with Crippen LogP contribution in [0.15, 0.2) is 18.2 Å². The number of benzene rings is 1. The molecule has 0 bridgehead atoms. The number of carboxylic acid groups (broad SMARTS) is 1. The Morgan fingerprint density at radius 1 is 1.24 bits per heavy atom. The lowest BCUT2D eigenvalue weighted by Gasteiger charge is -2.19. The van der Waals surface area contributed by atoms with E-state index in [4.69, 9.17) is 14.6 Å². The van der Waals surface area contributed by atoms with E-state index >= 15 is 0 Å². The number of carboxylic acids is 1. The highest BCUT2D eigenvalue weighted by atomic mass is 19.4. The monoisotopic (exact) mass is 362 g/mol. The number of aliphatic carboxylic acids is 1. The summed E-state index contributed by atoms with van der Waals surface area (Å²) in [6.07, 6.45) is -4.70. The van der Waals surface area contributed by atoms with E-state index in [2.05, 4.69) is 5.32 Å². The molecule has 0 aliphatic carbocycles. The van der Waals surface area contributed by atoms with Gasteiger partial charge in [-0.15, -0.1) is 0 Å². The van der Waals surface area contributed by atoms with Gasteiger partial charge in [0, 0.05) is 19.2 Å². The van der Waals surface area contributed by atoms with E-state index in [0.717, 1.165) is 4.90 Å². The lowest BCUT2D eigenvalue weighted by atomic mass is 9.96. The molecule has 0 radical (unpaired) electrons. The number of carbonyl (C=O) groups is 2. The van der Waals surface area contributed by atoms with Gasteiger partial charge >= 0.3 is 18.2 Å². The molecule has 2 amide bonds. The van der Waals surface area contributed by atoms with E-state index < -0.39 is 43.1 Å². The summed E-state index contributed by atoms with van der Waals surface area (Å²) in [6, 6.07) is 3.72. The molecule has 1 aromatic rings. The number of halogens is 3. The van der Waals surface area contributed by atoms with Gasteiger partial charge in [-0.2, -0.15) is 13.2 Å². The second-order valence-electron chi connectivity index (χ2n) is 5.49. The van der Waals surface area contributed by atoms with Gasteiger partial charge in [0.2, 0.25) is 0 Å². The number of anilines is 1. The maximum absolute atomic E-state index is 13.0. The molecule has 2 rings (SSSR count). The third-order valence-corrected chi connectivity index (χ3v) is 3.99. The fourth-order valence-electron chi connectivity index (χ4n) is 2.66. The van der Waals surface area contributed by atoms with Gasteiger partial charge in [-0.1, -0.05) is 0 Å². The standard InChI is InChI=1S/C15H17F3N2O5/c1-24-8-3-4-12(25-2)11(5-8)19-14(23)20-6-9(13(21)22)10(7-20)15(16,17)18/h3-5,9-10H,6-7H2,1-2H3,(H,19,23)(H,21,22)/t9-,10-/m1/s1. The first-order valence-corrected chi connectivity index (χ1v) is 7.24.